The fourth-order valence-corrected chi connectivity index (χ4v) is 1.90. The Bertz CT molecular complexity index is 436. The predicted molar refractivity (Wildman–Crippen MR) is 63.1 cm³/mol. The second kappa shape index (κ2) is 6.54. The fraction of sp³-hybridized carbons (Fsp3) is 0.417. The Morgan fingerprint density at radius 3 is 2.61 bits per heavy atom. The number of rotatable bonds is 5. The van der Waals surface area contributed by atoms with Crippen molar-refractivity contribution >= 4 is 17.6 Å². The molecule has 0 unspecified atom stereocenters. The molecule has 18 heavy (non-hydrogen) atoms. The molecule has 1 rings (SSSR count). The van der Waals surface area contributed by atoms with Gasteiger partial charge in [0.05, 0.1) is 19.4 Å². The van der Waals surface area contributed by atoms with E-state index in [-0.39, 0.29) is 18.1 Å². The first-order valence-corrected chi connectivity index (χ1v) is 5.71. The monoisotopic (exact) mass is 278 g/mol. The Morgan fingerprint density at radius 1 is 1.44 bits per heavy atom. The lowest BCUT2D eigenvalue weighted by molar-refractivity contribution is -0.139. The summed E-state index contributed by atoms with van der Waals surface area (Å²) in [7, 11) is 1.26. The van der Waals surface area contributed by atoms with Gasteiger partial charge in [0.1, 0.15) is 5.75 Å². The van der Waals surface area contributed by atoms with E-state index in [0.29, 0.717) is 16.7 Å². The Labute approximate surface area is 109 Å². The lowest BCUT2D eigenvalue weighted by atomic mass is 10.0. The zero-order valence-corrected chi connectivity index (χ0v) is 10.8. The number of ether oxygens (including phenoxy) is 2. The normalized spacial score (nSPS) is 10.6. The molecule has 0 bridgehead atoms. The minimum atomic E-state index is -2.93. The summed E-state index contributed by atoms with van der Waals surface area (Å²) in [5.74, 6) is -0.483. The number of hydrogen-bond acceptors (Lipinski definition) is 3. The van der Waals surface area contributed by atoms with Crippen molar-refractivity contribution < 1.29 is 23.0 Å². The number of carbonyl (C=O) groups excluding carboxylic acids is 1. The number of benzene rings is 1. The van der Waals surface area contributed by atoms with E-state index in [1.165, 1.54) is 13.2 Å². The molecule has 0 fully saturated rings. The van der Waals surface area contributed by atoms with Crippen molar-refractivity contribution in [1.29, 1.82) is 0 Å². The highest BCUT2D eigenvalue weighted by Crippen LogP contribution is 2.28. The molecule has 0 aliphatic rings. The Balaban J connectivity index is 3.15. The van der Waals surface area contributed by atoms with Crippen LogP contribution in [0.3, 0.4) is 0 Å². The quantitative estimate of drug-likeness (QED) is 0.613. The minimum Gasteiger partial charge on any atom is -0.469 e. The number of aryl methyl sites for hydroxylation is 1. The molecule has 0 radical (unpaired) electrons. The van der Waals surface area contributed by atoms with Gasteiger partial charge in [0.25, 0.3) is 0 Å². The van der Waals surface area contributed by atoms with Crippen LogP contribution in [-0.2, 0) is 21.8 Å². The van der Waals surface area contributed by atoms with E-state index < -0.39 is 12.6 Å². The average Bonchev–Trinajstić information content (AvgIpc) is 2.27. The molecule has 0 atom stereocenters. The summed E-state index contributed by atoms with van der Waals surface area (Å²) >= 11 is 5.72. The number of esters is 1. The van der Waals surface area contributed by atoms with E-state index >= 15 is 0 Å². The molecule has 0 heterocycles. The molecule has 0 aliphatic carbocycles. The van der Waals surface area contributed by atoms with Crippen LogP contribution in [0.4, 0.5) is 8.78 Å². The van der Waals surface area contributed by atoms with Crippen LogP contribution in [0.5, 0.6) is 5.75 Å². The van der Waals surface area contributed by atoms with Crippen molar-refractivity contribution in [1.82, 2.24) is 0 Å². The van der Waals surface area contributed by atoms with Gasteiger partial charge in [0, 0.05) is 5.56 Å². The Hall–Kier alpha value is -1.36. The van der Waals surface area contributed by atoms with Crippen LogP contribution < -0.4 is 4.74 Å². The maximum absolute atomic E-state index is 12.3. The summed E-state index contributed by atoms with van der Waals surface area (Å²) < 4.78 is 33.5. The number of hydrogen-bond donors (Lipinski definition) is 0. The van der Waals surface area contributed by atoms with E-state index in [0.717, 1.165) is 0 Å². The third kappa shape index (κ3) is 3.84. The molecular weight excluding hydrogens is 266 g/mol. The SMILES string of the molecule is COC(=O)Cc1cc(C)cc(OC(F)F)c1CCl. The third-order valence-corrected chi connectivity index (χ3v) is 2.63. The topological polar surface area (TPSA) is 35.5 Å². The number of methoxy groups -OCH3 is 1. The molecule has 0 amide bonds. The van der Waals surface area contributed by atoms with Gasteiger partial charge in [-0.2, -0.15) is 8.78 Å². The molecule has 0 saturated heterocycles. The molecule has 1 aromatic rings. The zero-order chi connectivity index (χ0) is 13.7. The standard InChI is InChI=1S/C12H13ClF2O3/c1-7-3-8(5-11(16)17-2)9(6-13)10(4-7)18-12(14)15/h3-4,12H,5-6H2,1-2H3. The fourth-order valence-electron chi connectivity index (χ4n) is 1.59. The summed E-state index contributed by atoms with van der Waals surface area (Å²) in [5.41, 5.74) is 1.62. The first-order chi connectivity index (χ1) is 8.47. The predicted octanol–water partition coefficient (Wildman–Crippen LogP) is 3.05. The van der Waals surface area contributed by atoms with Crippen molar-refractivity contribution in [2.75, 3.05) is 7.11 Å². The Morgan fingerprint density at radius 2 is 2.11 bits per heavy atom. The lowest BCUT2D eigenvalue weighted by Gasteiger charge is -2.14. The largest absolute Gasteiger partial charge is 0.469 e. The van der Waals surface area contributed by atoms with Crippen LogP contribution in [-0.4, -0.2) is 19.7 Å². The van der Waals surface area contributed by atoms with Gasteiger partial charge < -0.3 is 9.47 Å². The van der Waals surface area contributed by atoms with Crippen LogP contribution in [0.25, 0.3) is 0 Å². The number of alkyl halides is 3. The summed E-state index contributed by atoms with van der Waals surface area (Å²) in [6.07, 6.45) is -0.0279. The Kier molecular flexibility index (Phi) is 5.34. The summed E-state index contributed by atoms with van der Waals surface area (Å²) in [6.45, 7) is -1.21. The van der Waals surface area contributed by atoms with E-state index in [9.17, 15) is 13.6 Å². The second-order valence-electron chi connectivity index (χ2n) is 3.67. The molecule has 0 aromatic heterocycles. The average molecular weight is 279 g/mol. The molecule has 1 aromatic carbocycles. The van der Waals surface area contributed by atoms with Gasteiger partial charge in [-0.15, -0.1) is 11.6 Å². The summed E-state index contributed by atoms with van der Waals surface area (Å²) in [5, 5.41) is 0. The van der Waals surface area contributed by atoms with Gasteiger partial charge in [0.15, 0.2) is 0 Å². The van der Waals surface area contributed by atoms with Crippen LogP contribution in [0, 0.1) is 6.92 Å². The molecular formula is C12H13ClF2O3. The van der Waals surface area contributed by atoms with Crippen molar-refractivity contribution in [3.63, 3.8) is 0 Å². The number of halogens is 3. The molecule has 0 aliphatic heterocycles. The highest BCUT2D eigenvalue weighted by Gasteiger charge is 2.16. The minimum absolute atomic E-state index is 0.00102. The first-order valence-electron chi connectivity index (χ1n) is 5.18. The molecule has 6 heteroatoms. The number of carbonyl (C=O) groups is 1. The van der Waals surface area contributed by atoms with Crippen molar-refractivity contribution in [2.24, 2.45) is 0 Å². The van der Waals surface area contributed by atoms with Crippen molar-refractivity contribution in [3.8, 4) is 5.75 Å². The van der Waals surface area contributed by atoms with Gasteiger partial charge in [-0.25, -0.2) is 0 Å². The van der Waals surface area contributed by atoms with Crippen molar-refractivity contribution in [3.05, 3.63) is 28.8 Å². The van der Waals surface area contributed by atoms with Gasteiger partial charge in [-0.1, -0.05) is 6.07 Å². The van der Waals surface area contributed by atoms with Gasteiger partial charge in [-0.05, 0) is 24.1 Å². The third-order valence-electron chi connectivity index (χ3n) is 2.36. The molecule has 0 spiro atoms. The van der Waals surface area contributed by atoms with E-state index in [1.54, 1.807) is 13.0 Å². The zero-order valence-electron chi connectivity index (χ0n) is 10.0. The van der Waals surface area contributed by atoms with Gasteiger partial charge in [-0.3, -0.25) is 4.79 Å². The summed E-state index contributed by atoms with van der Waals surface area (Å²) in [6, 6.07) is 3.16. The van der Waals surface area contributed by atoms with E-state index in [1.807, 2.05) is 0 Å². The maximum atomic E-state index is 12.3. The van der Waals surface area contributed by atoms with E-state index in [2.05, 4.69) is 9.47 Å². The van der Waals surface area contributed by atoms with Crippen LogP contribution in [0.15, 0.2) is 12.1 Å². The van der Waals surface area contributed by atoms with Crippen molar-refractivity contribution in [2.45, 2.75) is 25.8 Å². The van der Waals surface area contributed by atoms with Crippen LogP contribution in [0.2, 0.25) is 0 Å². The highest BCUT2D eigenvalue weighted by molar-refractivity contribution is 6.17. The molecule has 3 nitrogen and oxygen atoms in total. The second-order valence-corrected chi connectivity index (χ2v) is 3.93. The highest BCUT2D eigenvalue weighted by atomic mass is 35.5. The molecule has 0 saturated carbocycles. The lowest BCUT2D eigenvalue weighted by Crippen LogP contribution is -2.10. The first kappa shape index (κ1) is 14.7. The van der Waals surface area contributed by atoms with Gasteiger partial charge >= 0.3 is 12.6 Å². The smallest absolute Gasteiger partial charge is 0.387 e. The molecule has 100 valence electrons. The van der Waals surface area contributed by atoms with E-state index in [4.69, 9.17) is 11.6 Å². The van der Waals surface area contributed by atoms with Crippen LogP contribution >= 0.6 is 11.6 Å². The van der Waals surface area contributed by atoms with Crippen LogP contribution in [0.1, 0.15) is 16.7 Å². The molecule has 0 N–H and O–H groups in total. The maximum Gasteiger partial charge on any atom is 0.387 e. The van der Waals surface area contributed by atoms with Gasteiger partial charge in [0.2, 0.25) is 0 Å². The summed E-state index contributed by atoms with van der Waals surface area (Å²) in [4.78, 5) is 11.2.